The van der Waals surface area contributed by atoms with Gasteiger partial charge < -0.3 is 15.2 Å². The first-order valence-corrected chi connectivity index (χ1v) is 6.78. The van der Waals surface area contributed by atoms with Gasteiger partial charge >= 0.3 is 0 Å². The summed E-state index contributed by atoms with van der Waals surface area (Å²) in [6.45, 7) is 3.71. The molecule has 2 rings (SSSR count). The maximum absolute atomic E-state index is 5.80. The quantitative estimate of drug-likeness (QED) is 0.622. The lowest BCUT2D eigenvalue weighted by Gasteiger charge is -2.11. The molecule has 0 atom stereocenters. The van der Waals surface area contributed by atoms with Crippen LogP contribution in [0.15, 0.2) is 42.6 Å². The minimum Gasteiger partial charge on any atom is -0.494 e. The molecule has 4 nitrogen and oxygen atoms in total. The average Bonchev–Trinajstić information content (AvgIpc) is 2.47. The van der Waals surface area contributed by atoms with Gasteiger partial charge in [-0.25, -0.2) is 0 Å². The highest BCUT2D eigenvalue weighted by Crippen LogP contribution is 2.22. The van der Waals surface area contributed by atoms with Gasteiger partial charge in [-0.2, -0.15) is 0 Å². The van der Waals surface area contributed by atoms with Gasteiger partial charge in [-0.15, -0.1) is 0 Å². The molecule has 0 amide bonds. The summed E-state index contributed by atoms with van der Waals surface area (Å²) in [4.78, 5) is 4.26. The number of benzene rings is 1. The van der Waals surface area contributed by atoms with Crippen molar-refractivity contribution in [2.24, 2.45) is 0 Å². The lowest BCUT2D eigenvalue weighted by atomic mass is 10.2. The second-order valence-corrected chi connectivity index (χ2v) is 4.42. The highest BCUT2D eigenvalue weighted by molar-refractivity contribution is 5.47. The van der Waals surface area contributed by atoms with E-state index in [1.807, 2.05) is 43.3 Å². The molecule has 2 N–H and O–H groups in total. The van der Waals surface area contributed by atoms with Gasteiger partial charge in [0.05, 0.1) is 19.8 Å². The number of ether oxygens (including phenoxy) is 2. The first-order chi connectivity index (χ1) is 9.79. The Morgan fingerprint density at radius 1 is 1.20 bits per heavy atom. The topological polar surface area (TPSA) is 57.4 Å². The molecule has 1 aromatic heterocycles. The summed E-state index contributed by atoms with van der Waals surface area (Å²) in [7, 11) is 0. The van der Waals surface area contributed by atoms with E-state index in [9.17, 15) is 0 Å². The average molecular weight is 272 g/mol. The van der Waals surface area contributed by atoms with Crippen LogP contribution in [0.4, 0.5) is 5.69 Å². The molecule has 0 bridgehead atoms. The smallest absolute Gasteiger partial charge is 0.124 e. The third-order valence-corrected chi connectivity index (χ3v) is 2.87. The summed E-state index contributed by atoms with van der Waals surface area (Å²) in [6.07, 6.45) is 2.59. The van der Waals surface area contributed by atoms with Crippen molar-refractivity contribution < 1.29 is 9.47 Å². The number of nitrogen functional groups attached to an aromatic ring is 1. The first kappa shape index (κ1) is 14.3. The highest BCUT2D eigenvalue weighted by Gasteiger charge is 2.04. The fourth-order valence-electron chi connectivity index (χ4n) is 1.91. The molecule has 4 heteroatoms. The molecule has 0 spiro atoms. The Labute approximate surface area is 119 Å². The Bertz CT molecular complexity index is 529. The van der Waals surface area contributed by atoms with Crippen LogP contribution in [0, 0.1) is 0 Å². The zero-order chi connectivity index (χ0) is 14.2. The van der Waals surface area contributed by atoms with E-state index in [0.29, 0.717) is 19.8 Å². The maximum Gasteiger partial charge on any atom is 0.124 e. The van der Waals surface area contributed by atoms with Gasteiger partial charge in [-0.05, 0) is 37.3 Å². The summed E-state index contributed by atoms with van der Waals surface area (Å²) in [5.41, 5.74) is 8.53. The van der Waals surface area contributed by atoms with Crippen LogP contribution in [0.5, 0.6) is 5.75 Å². The van der Waals surface area contributed by atoms with Gasteiger partial charge in [-0.3, -0.25) is 4.98 Å². The minimum absolute atomic E-state index is 0.493. The van der Waals surface area contributed by atoms with Crippen molar-refractivity contribution in [3.63, 3.8) is 0 Å². The van der Waals surface area contributed by atoms with Crippen molar-refractivity contribution in [1.29, 1.82) is 0 Å². The standard InChI is InChI=1S/C16H20N2O2/c1-2-20-16-7-6-14(17)11-13(16)12-19-10-8-15-5-3-4-9-18-15/h3-7,9,11H,2,8,10,12,17H2,1H3. The molecular weight excluding hydrogens is 252 g/mol. The van der Waals surface area contributed by atoms with Crippen LogP contribution in [0.2, 0.25) is 0 Å². The number of rotatable bonds is 7. The van der Waals surface area contributed by atoms with E-state index in [1.54, 1.807) is 6.20 Å². The van der Waals surface area contributed by atoms with E-state index in [2.05, 4.69) is 4.98 Å². The van der Waals surface area contributed by atoms with Crippen LogP contribution in [-0.4, -0.2) is 18.2 Å². The lowest BCUT2D eigenvalue weighted by molar-refractivity contribution is 0.121. The fraction of sp³-hybridized carbons (Fsp3) is 0.312. The number of hydrogen-bond acceptors (Lipinski definition) is 4. The number of hydrogen-bond donors (Lipinski definition) is 1. The van der Waals surface area contributed by atoms with Crippen molar-refractivity contribution in [3.8, 4) is 5.75 Å². The third kappa shape index (κ3) is 4.24. The van der Waals surface area contributed by atoms with E-state index in [0.717, 1.165) is 29.1 Å². The summed E-state index contributed by atoms with van der Waals surface area (Å²) < 4.78 is 11.2. The Kier molecular flexibility index (Phi) is 5.38. The molecule has 1 heterocycles. The van der Waals surface area contributed by atoms with E-state index in [1.165, 1.54) is 0 Å². The molecule has 106 valence electrons. The number of pyridine rings is 1. The Hall–Kier alpha value is -2.07. The largest absolute Gasteiger partial charge is 0.494 e. The van der Waals surface area contributed by atoms with Crippen molar-refractivity contribution in [2.75, 3.05) is 18.9 Å². The van der Waals surface area contributed by atoms with Crippen LogP contribution in [-0.2, 0) is 17.8 Å². The molecule has 0 aliphatic rings. The lowest BCUT2D eigenvalue weighted by Crippen LogP contribution is -2.03. The van der Waals surface area contributed by atoms with Gasteiger partial charge in [-0.1, -0.05) is 6.07 Å². The SMILES string of the molecule is CCOc1ccc(N)cc1COCCc1ccccn1. The first-order valence-electron chi connectivity index (χ1n) is 6.78. The molecular formula is C16H20N2O2. The molecule has 0 radical (unpaired) electrons. The van der Waals surface area contributed by atoms with E-state index in [4.69, 9.17) is 15.2 Å². The predicted molar refractivity (Wildman–Crippen MR) is 79.6 cm³/mol. The predicted octanol–water partition coefficient (Wildman–Crippen LogP) is 2.82. The summed E-state index contributed by atoms with van der Waals surface area (Å²) in [6, 6.07) is 11.5. The van der Waals surface area contributed by atoms with E-state index >= 15 is 0 Å². The molecule has 2 aromatic rings. The molecule has 0 saturated carbocycles. The fourth-order valence-corrected chi connectivity index (χ4v) is 1.91. The van der Waals surface area contributed by atoms with Crippen molar-refractivity contribution in [3.05, 3.63) is 53.9 Å². The second kappa shape index (κ2) is 7.50. The van der Waals surface area contributed by atoms with Crippen molar-refractivity contribution in [1.82, 2.24) is 4.98 Å². The molecule has 20 heavy (non-hydrogen) atoms. The van der Waals surface area contributed by atoms with Crippen LogP contribution >= 0.6 is 0 Å². The molecule has 0 aliphatic heterocycles. The molecule has 1 aromatic carbocycles. The molecule has 0 aliphatic carbocycles. The van der Waals surface area contributed by atoms with Gasteiger partial charge in [0.2, 0.25) is 0 Å². The monoisotopic (exact) mass is 272 g/mol. The van der Waals surface area contributed by atoms with Crippen molar-refractivity contribution >= 4 is 5.69 Å². The maximum atomic E-state index is 5.80. The Balaban J connectivity index is 1.85. The van der Waals surface area contributed by atoms with Crippen LogP contribution in [0.3, 0.4) is 0 Å². The zero-order valence-electron chi connectivity index (χ0n) is 11.7. The zero-order valence-corrected chi connectivity index (χ0v) is 11.7. The summed E-state index contributed by atoms with van der Waals surface area (Å²) >= 11 is 0. The minimum atomic E-state index is 0.493. The molecule has 0 fully saturated rings. The van der Waals surface area contributed by atoms with Gasteiger partial charge in [0, 0.05) is 29.6 Å². The summed E-state index contributed by atoms with van der Waals surface area (Å²) in [5, 5.41) is 0. The van der Waals surface area contributed by atoms with Gasteiger partial charge in [0.15, 0.2) is 0 Å². The number of nitrogens with zero attached hydrogens (tertiary/aromatic N) is 1. The third-order valence-electron chi connectivity index (χ3n) is 2.87. The Morgan fingerprint density at radius 2 is 2.10 bits per heavy atom. The summed E-state index contributed by atoms with van der Waals surface area (Å²) in [5.74, 6) is 0.833. The van der Waals surface area contributed by atoms with Crippen LogP contribution in [0.25, 0.3) is 0 Å². The number of aromatic nitrogens is 1. The number of nitrogens with two attached hydrogens (primary N) is 1. The van der Waals surface area contributed by atoms with Crippen molar-refractivity contribution in [2.45, 2.75) is 20.0 Å². The Morgan fingerprint density at radius 3 is 2.85 bits per heavy atom. The molecule has 0 saturated heterocycles. The normalized spacial score (nSPS) is 10.4. The second-order valence-electron chi connectivity index (χ2n) is 4.42. The van der Waals surface area contributed by atoms with Crippen LogP contribution < -0.4 is 10.5 Å². The van der Waals surface area contributed by atoms with E-state index in [-0.39, 0.29) is 0 Å². The van der Waals surface area contributed by atoms with Crippen LogP contribution in [0.1, 0.15) is 18.2 Å². The van der Waals surface area contributed by atoms with Gasteiger partial charge in [0.25, 0.3) is 0 Å². The molecule has 0 unspecified atom stereocenters. The number of anilines is 1. The van der Waals surface area contributed by atoms with E-state index < -0.39 is 0 Å². The van der Waals surface area contributed by atoms with Gasteiger partial charge in [0.1, 0.15) is 5.75 Å². The highest BCUT2D eigenvalue weighted by atomic mass is 16.5.